The van der Waals surface area contributed by atoms with Crippen LogP contribution in [0, 0.1) is 11.3 Å². The lowest BCUT2D eigenvalue weighted by Crippen LogP contribution is -2.55. The maximum Gasteiger partial charge on any atom is 0.343 e. The van der Waals surface area contributed by atoms with Crippen LogP contribution in [-0.4, -0.2) is 47.9 Å². The van der Waals surface area contributed by atoms with Gasteiger partial charge in [-0.05, 0) is 72.0 Å². The Balaban J connectivity index is 1.18. The van der Waals surface area contributed by atoms with Gasteiger partial charge in [-0.25, -0.2) is 4.79 Å². The monoisotopic (exact) mass is 427 g/mol. The van der Waals surface area contributed by atoms with E-state index in [1.54, 1.807) is 0 Å². The first-order valence-corrected chi connectivity index (χ1v) is 11.1. The molecule has 1 unspecified atom stereocenters. The van der Waals surface area contributed by atoms with Crippen LogP contribution >= 0.6 is 0 Å². The fourth-order valence-corrected chi connectivity index (χ4v) is 4.99. The number of hydrogen-bond donors (Lipinski definition) is 0. The van der Waals surface area contributed by atoms with E-state index in [0.717, 1.165) is 56.3 Å². The molecule has 6 nitrogen and oxygen atoms in total. The fraction of sp³-hybridized carbons (Fsp3) is 0.346. The number of piperazine rings is 1. The normalized spacial score (nSPS) is 19.0. The third-order valence-corrected chi connectivity index (χ3v) is 6.79. The highest BCUT2D eigenvalue weighted by Crippen LogP contribution is 2.26. The summed E-state index contributed by atoms with van der Waals surface area (Å²) in [4.78, 5) is 29.0. The van der Waals surface area contributed by atoms with E-state index in [1.807, 2.05) is 42.5 Å². The quantitative estimate of drug-likeness (QED) is 0.640. The Hall–Kier alpha value is -3.43. The van der Waals surface area contributed by atoms with Crippen molar-refractivity contribution in [1.29, 1.82) is 5.26 Å². The standard InChI is InChI=1S/C26H25N3O3/c27-16-19-1-3-21-15-23(5-4-20(21)14-19)29-11-10-28(17-25(29)30)9-7-18-2-6-24-22(13-18)8-12-32-26(24)31/h1-3,6,8,12-14,23H,4-5,7,9-11,15,17H2. The summed E-state index contributed by atoms with van der Waals surface area (Å²) >= 11 is 0. The summed E-state index contributed by atoms with van der Waals surface area (Å²) in [6, 6.07) is 16.0. The zero-order valence-electron chi connectivity index (χ0n) is 17.9. The van der Waals surface area contributed by atoms with E-state index >= 15 is 0 Å². The Bertz CT molecular complexity index is 1270. The van der Waals surface area contributed by atoms with Crippen LogP contribution in [0.4, 0.5) is 0 Å². The largest absolute Gasteiger partial charge is 0.431 e. The number of carbonyl (C=O) groups excluding carboxylic acids is 1. The third-order valence-electron chi connectivity index (χ3n) is 6.79. The van der Waals surface area contributed by atoms with Crippen LogP contribution < -0.4 is 5.63 Å². The summed E-state index contributed by atoms with van der Waals surface area (Å²) in [5, 5.41) is 10.6. The lowest BCUT2D eigenvalue weighted by molar-refractivity contribution is -0.138. The molecule has 0 saturated carbocycles. The number of benzene rings is 2. The van der Waals surface area contributed by atoms with Gasteiger partial charge in [-0.2, -0.15) is 5.26 Å². The molecule has 1 saturated heterocycles. The minimum atomic E-state index is -0.313. The second kappa shape index (κ2) is 8.60. The Labute approximate surface area is 186 Å². The number of carbonyl (C=O) groups is 1. The molecule has 6 heteroatoms. The Kier molecular flexibility index (Phi) is 5.50. The first-order chi connectivity index (χ1) is 15.6. The number of aryl methyl sites for hydroxylation is 1. The van der Waals surface area contributed by atoms with Crippen LogP contribution in [0.25, 0.3) is 10.8 Å². The molecule has 162 valence electrons. The molecule has 32 heavy (non-hydrogen) atoms. The summed E-state index contributed by atoms with van der Waals surface area (Å²) in [5.74, 6) is 0.203. The smallest absolute Gasteiger partial charge is 0.343 e. The molecule has 1 aromatic heterocycles. The third kappa shape index (κ3) is 4.04. The second-order valence-corrected chi connectivity index (χ2v) is 8.73. The zero-order chi connectivity index (χ0) is 22.1. The van der Waals surface area contributed by atoms with Crippen molar-refractivity contribution in [3.05, 3.63) is 81.4 Å². The predicted molar refractivity (Wildman–Crippen MR) is 121 cm³/mol. The van der Waals surface area contributed by atoms with Crippen LogP contribution in [0.5, 0.6) is 0 Å². The van der Waals surface area contributed by atoms with E-state index in [2.05, 4.69) is 15.9 Å². The van der Waals surface area contributed by atoms with Crippen molar-refractivity contribution in [2.24, 2.45) is 0 Å². The van der Waals surface area contributed by atoms with Crippen LogP contribution in [-0.2, 0) is 24.1 Å². The van der Waals surface area contributed by atoms with Gasteiger partial charge >= 0.3 is 5.63 Å². The van der Waals surface area contributed by atoms with Gasteiger partial charge in [0.05, 0.1) is 29.8 Å². The molecule has 0 spiro atoms. The predicted octanol–water partition coefficient (Wildman–Crippen LogP) is 2.91. The lowest BCUT2D eigenvalue weighted by Gasteiger charge is -2.41. The van der Waals surface area contributed by atoms with Gasteiger partial charge in [0.15, 0.2) is 0 Å². The summed E-state index contributed by atoms with van der Waals surface area (Å²) in [6.45, 7) is 2.90. The molecule has 1 aliphatic heterocycles. The van der Waals surface area contributed by atoms with E-state index < -0.39 is 0 Å². The van der Waals surface area contributed by atoms with Crippen molar-refractivity contribution >= 4 is 16.7 Å². The molecule has 2 heterocycles. The Morgan fingerprint density at radius 2 is 1.97 bits per heavy atom. The molecular formula is C26H25N3O3. The first kappa shape index (κ1) is 20.5. The number of fused-ring (bicyclic) bond motifs is 2. The maximum atomic E-state index is 12.9. The van der Waals surface area contributed by atoms with Crippen molar-refractivity contribution in [2.45, 2.75) is 31.7 Å². The lowest BCUT2D eigenvalue weighted by atomic mass is 9.86. The highest BCUT2D eigenvalue weighted by molar-refractivity contribution is 5.81. The minimum Gasteiger partial charge on any atom is -0.431 e. The van der Waals surface area contributed by atoms with Gasteiger partial charge in [-0.15, -0.1) is 0 Å². The number of nitriles is 1. The fourth-order valence-electron chi connectivity index (χ4n) is 4.99. The number of rotatable bonds is 4. The van der Waals surface area contributed by atoms with Crippen molar-refractivity contribution in [2.75, 3.05) is 26.2 Å². The van der Waals surface area contributed by atoms with E-state index in [-0.39, 0.29) is 17.6 Å². The molecule has 0 radical (unpaired) electrons. The van der Waals surface area contributed by atoms with E-state index in [4.69, 9.17) is 9.68 Å². The van der Waals surface area contributed by atoms with Crippen molar-refractivity contribution < 1.29 is 9.21 Å². The number of nitrogens with zero attached hydrogens (tertiary/aromatic N) is 3. The minimum absolute atomic E-state index is 0.203. The maximum absolute atomic E-state index is 12.9. The molecule has 0 bridgehead atoms. The first-order valence-electron chi connectivity index (χ1n) is 11.1. The van der Waals surface area contributed by atoms with E-state index in [0.29, 0.717) is 17.5 Å². The summed E-state index contributed by atoms with van der Waals surface area (Å²) in [7, 11) is 0. The average molecular weight is 428 g/mol. The molecule has 1 amide bonds. The summed E-state index contributed by atoms with van der Waals surface area (Å²) in [5.41, 5.74) is 4.06. The van der Waals surface area contributed by atoms with E-state index in [1.165, 1.54) is 17.4 Å². The van der Waals surface area contributed by atoms with Gasteiger partial charge in [0.2, 0.25) is 5.91 Å². The van der Waals surface area contributed by atoms with Gasteiger partial charge in [0, 0.05) is 25.7 Å². The molecule has 1 fully saturated rings. The molecule has 3 aromatic rings. The average Bonchev–Trinajstić information content (AvgIpc) is 2.82. The van der Waals surface area contributed by atoms with Gasteiger partial charge in [-0.3, -0.25) is 9.69 Å². The van der Waals surface area contributed by atoms with Crippen molar-refractivity contribution in [1.82, 2.24) is 9.80 Å². The molecular weight excluding hydrogens is 402 g/mol. The van der Waals surface area contributed by atoms with Crippen LogP contribution in [0.3, 0.4) is 0 Å². The highest BCUT2D eigenvalue weighted by atomic mass is 16.4. The number of amides is 1. The molecule has 2 aromatic carbocycles. The van der Waals surface area contributed by atoms with Gasteiger partial charge < -0.3 is 9.32 Å². The topological polar surface area (TPSA) is 77.6 Å². The zero-order valence-corrected chi connectivity index (χ0v) is 17.9. The SMILES string of the molecule is N#Cc1ccc2c(c1)CCC(N1CCN(CCc3ccc4c(=O)occc4c3)CC1=O)C2. The van der Waals surface area contributed by atoms with Crippen LogP contribution in [0.15, 0.2) is 57.9 Å². The second-order valence-electron chi connectivity index (χ2n) is 8.73. The van der Waals surface area contributed by atoms with E-state index in [9.17, 15) is 9.59 Å². The summed E-state index contributed by atoms with van der Waals surface area (Å²) < 4.78 is 4.92. The molecule has 1 aliphatic carbocycles. The number of hydrogen-bond acceptors (Lipinski definition) is 5. The Morgan fingerprint density at radius 1 is 1.06 bits per heavy atom. The van der Waals surface area contributed by atoms with Gasteiger partial charge in [0.1, 0.15) is 0 Å². The van der Waals surface area contributed by atoms with Gasteiger partial charge in [0.25, 0.3) is 0 Å². The van der Waals surface area contributed by atoms with Crippen molar-refractivity contribution in [3.63, 3.8) is 0 Å². The molecule has 0 N–H and O–H groups in total. The summed E-state index contributed by atoms with van der Waals surface area (Å²) in [6.07, 6.45) is 5.01. The molecule has 5 rings (SSSR count). The molecule has 2 aliphatic rings. The van der Waals surface area contributed by atoms with Crippen molar-refractivity contribution in [3.8, 4) is 6.07 Å². The Morgan fingerprint density at radius 3 is 2.81 bits per heavy atom. The van der Waals surface area contributed by atoms with Gasteiger partial charge in [-0.1, -0.05) is 18.2 Å². The van der Waals surface area contributed by atoms with Crippen LogP contribution in [0.2, 0.25) is 0 Å². The highest BCUT2D eigenvalue weighted by Gasteiger charge is 2.31. The molecule has 1 atom stereocenters. The van der Waals surface area contributed by atoms with Crippen LogP contribution in [0.1, 0.15) is 28.7 Å².